The van der Waals surface area contributed by atoms with Gasteiger partial charge in [0, 0.05) is 23.3 Å². The Bertz CT molecular complexity index is 833. The Morgan fingerprint density at radius 3 is 2.44 bits per heavy atom. The Balaban J connectivity index is 1.69. The smallest absolute Gasteiger partial charge is 0.274 e. The van der Waals surface area contributed by atoms with Crippen LogP contribution in [0.1, 0.15) is 17.4 Å². The molecular weight excluding hydrogens is 314 g/mol. The highest BCUT2D eigenvalue weighted by Crippen LogP contribution is 2.20. The fourth-order valence-electron chi connectivity index (χ4n) is 2.32. The lowest BCUT2D eigenvalue weighted by Crippen LogP contribution is -2.13. The molecule has 0 atom stereocenters. The Hall–Kier alpha value is -3.34. The first-order valence-corrected chi connectivity index (χ1v) is 8.07. The van der Waals surface area contributed by atoms with Crippen molar-refractivity contribution in [2.75, 3.05) is 17.2 Å². The van der Waals surface area contributed by atoms with Crippen LogP contribution in [0.3, 0.4) is 0 Å². The van der Waals surface area contributed by atoms with Crippen molar-refractivity contribution in [1.29, 1.82) is 0 Å². The monoisotopic (exact) mass is 333 g/mol. The normalized spacial score (nSPS) is 10.1. The Morgan fingerprint density at radius 1 is 0.960 bits per heavy atom. The van der Waals surface area contributed by atoms with Crippen molar-refractivity contribution >= 4 is 23.0 Å². The number of pyridine rings is 1. The second-order valence-corrected chi connectivity index (χ2v) is 5.33. The summed E-state index contributed by atoms with van der Waals surface area (Å²) in [7, 11) is 0. The summed E-state index contributed by atoms with van der Waals surface area (Å²) in [6.07, 6.45) is 1.61. The Kier molecular flexibility index (Phi) is 5.26. The predicted molar refractivity (Wildman–Crippen MR) is 99.5 cm³/mol. The number of rotatable bonds is 6. The molecule has 0 bridgehead atoms. The molecule has 5 nitrogen and oxygen atoms in total. The number of anilines is 3. The maximum Gasteiger partial charge on any atom is 0.274 e. The molecular formula is C20H19N3O2. The molecule has 3 aromatic rings. The zero-order valence-electron chi connectivity index (χ0n) is 13.9. The van der Waals surface area contributed by atoms with Crippen LogP contribution in [0.5, 0.6) is 5.75 Å². The number of carbonyl (C=O) groups excluding carboxylic acids is 1. The van der Waals surface area contributed by atoms with Crippen LogP contribution in [0.25, 0.3) is 0 Å². The minimum atomic E-state index is -0.249. The highest BCUT2D eigenvalue weighted by molar-refractivity contribution is 6.03. The van der Waals surface area contributed by atoms with Crippen LogP contribution in [-0.4, -0.2) is 17.5 Å². The predicted octanol–water partition coefficient (Wildman–Crippen LogP) is 4.48. The molecule has 0 spiro atoms. The van der Waals surface area contributed by atoms with Gasteiger partial charge in [-0.3, -0.25) is 9.78 Å². The summed E-state index contributed by atoms with van der Waals surface area (Å²) in [5.74, 6) is 0.576. The molecule has 0 aliphatic rings. The van der Waals surface area contributed by atoms with Crippen LogP contribution >= 0.6 is 0 Å². The van der Waals surface area contributed by atoms with Crippen LogP contribution in [0, 0.1) is 0 Å². The fourth-order valence-corrected chi connectivity index (χ4v) is 2.32. The van der Waals surface area contributed by atoms with Gasteiger partial charge in [0.05, 0.1) is 6.61 Å². The number of ether oxygens (including phenoxy) is 1. The maximum atomic E-state index is 12.3. The van der Waals surface area contributed by atoms with E-state index in [2.05, 4.69) is 15.6 Å². The van der Waals surface area contributed by atoms with Gasteiger partial charge in [0.2, 0.25) is 0 Å². The van der Waals surface area contributed by atoms with E-state index < -0.39 is 0 Å². The topological polar surface area (TPSA) is 63.2 Å². The number of aromatic nitrogens is 1. The third-order valence-electron chi connectivity index (χ3n) is 3.48. The van der Waals surface area contributed by atoms with Gasteiger partial charge in [-0.25, -0.2) is 0 Å². The maximum absolute atomic E-state index is 12.3. The number of carbonyl (C=O) groups is 1. The van der Waals surface area contributed by atoms with E-state index >= 15 is 0 Å². The van der Waals surface area contributed by atoms with Crippen molar-refractivity contribution in [3.8, 4) is 5.75 Å². The van der Waals surface area contributed by atoms with Gasteiger partial charge in [0.1, 0.15) is 11.4 Å². The molecule has 1 heterocycles. The van der Waals surface area contributed by atoms with E-state index in [0.29, 0.717) is 12.3 Å². The van der Waals surface area contributed by atoms with E-state index in [9.17, 15) is 4.79 Å². The molecule has 0 fully saturated rings. The van der Waals surface area contributed by atoms with Crippen molar-refractivity contribution in [2.24, 2.45) is 0 Å². The van der Waals surface area contributed by atoms with Gasteiger partial charge in [-0.2, -0.15) is 0 Å². The van der Waals surface area contributed by atoms with Crippen molar-refractivity contribution in [3.05, 3.63) is 78.6 Å². The van der Waals surface area contributed by atoms with Gasteiger partial charge in [0.25, 0.3) is 5.91 Å². The number of nitrogens with one attached hydrogen (secondary N) is 2. The Morgan fingerprint density at radius 2 is 1.72 bits per heavy atom. The minimum absolute atomic E-state index is 0.249. The van der Waals surface area contributed by atoms with Gasteiger partial charge in [-0.15, -0.1) is 0 Å². The van der Waals surface area contributed by atoms with Crippen LogP contribution in [-0.2, 0) is 0 Å². The summed E-state index contributed by atoms with van der Waals surface area (Å²) in [6, 6.07) is 20.5. The molecule has 25 heavy (non-hydrogen) atoms. The van der Waals surface area contributed by atoms with E-state index in [1.165, 1.54) is 0 Å². The zero-order chi connectivity index (χ0) is 17.5. The first-order chi connectivity index (χ1) is 12.2. The summed E-state index contributed by atoms with van der Waals surface area (Å²) in [5.41, 5.74) is 2.78. The number of para-hydroxylation sites is 1. The zero-order valence-corrected chi connectivity index (χ0v) is 13.9. The molecule has 2 N–H and O–H groups in total. The molecule has 5 heteroatoms. The fraction of sp³-hybridized carbons (Fsp3) is 0.100. The summed E-state index contributed by atoms with van der Waals surface area (Å²) in [5, 5.41) is 6.08. The van der Waals surface area contributed by atoms with E-state index in [4.69, 9.17) is 4.74 Å². The highest BCUT2D eigenvalue weighted by atomic mass is 16.5. The summed E-state index contributed by atoms with van der Waals surface area (Å²) < 4.78 is 5.43. The molecule has 126 valence electrons. The Labute approximate surface area is 146 Å². The standard InChI is InChI=1S/C20H19N3O2/c1-2-25-18-10-8-16(9-11-18)22-17-12-13-21-19(14-17)20(24)23-15-6-4-3-5-7-15/h3-14H,2H2,1H3,(H,21,22)(H,23,24). The van der Waals surface area contributed by atoms with Crippen LogP contribution in [0.4, 0.5) is 17.1 Å². The van der Waals surface area contributed by atoms with Gasteiger partial charge in [0.15, 0.2) is 0 Å². The molecule has 0 aliphatic heterocycles. The molecule has 0 unspecified atom stereocenters. The highest BCUT2D eigenvalue weighted by Gasteiger charge is 2.08. The lowest BCUT2D eigenvalue weighted by Gasteiger charge is -2.09. The molecule has 1 amide bonds. The number of amides is 1. The SMILES string of the molecule is CCOc1ccc(Nc2ccnc(C(=O)Nc3ccccc3)c2)cc1. The lowest BCUT2D eigenvalue weighted by molar-refractivity contribution is 0.102. The van der Waals surface area contributed by atoms with E-state index in [-0.39, 0.29) is 5.91 Å². The minimum Gasteiger partial charge on any atom is -0.494 e. The molecule has 0 aliphatic carbocycles. The number of hydrogen-bond donors (Lipinski definition) is 2. The lowest BCUT2D eigenvalue weighted by atomic mass is 10.2. The first kappa shape index (κ1) is 16.5. The van der Waals surface area contributed by atoms with Crippen LogP contribution in [0.2, 0.25) is 0 Å². The largest absolute Gasteiger partial charge is 0.494 e. The number of hydrogen-bond acceptors (Lipinski definition) is 4. The second-order valence-electron chi connectivity index (χ2n) is 5.33. The van der Waals surface area contributed by atoms with E-state index in [0.717, 1.165) is 22.8 Å². The van der Waals surface area contributed by atoms with Crippen LogP contribution in [0.15, 0.2) is 72.9 Å². The van der Waals surface area contributed by atoms with Gasteiger partial charge in [-0.05, 0) is 55.5 Å². The average molecular weight is 333 g/mol. The summed E-state index contributed by atoms with van der Waals surface area (Å²) in [4.78, 5) is 16.5. The van der Waals surface area contributed by atoms with Crippen molar-refractivity contribution in [2.45, 2.75) is 6.92 Å². The molecule has 0 radical (unpaired) electrons. The van der Waals surface area contributed by atoms with Gasteiger partial charge in [-0.1, -0.05) is 18.2 Å². The molecule has 0 saturated heterocycles. The molecule has 3 rings (SSSR count). The molecule has 1 aromatic heterocycles. The quantitative estimate of drug-likeness (QED) is 0.698. The molecule has 2 aromatic carbocycles. The van der Waals surface area contributed by atoms with Crippen molar-refractivity contribution in [3.63, 3.8) is 0 Å². The van der Waals surface area contributed by atoms with E-state index in [1.54, 1.807) is 12.3 Å². The van der Waals surface area contributed by atoms with Gasteiger partial charge >= 0.3 is 0 Å². The third-order valence-corrected chi connectivity index (χ3v) is 3.48. The van der Waals surface area contributed by atoms with E-state index in [1.807, 2.05) is 67.6 Å². The number of nitrogens with zero attached hydrogens (tertiary/aromatic N) is 1. The second kappa shape index (κ2) is 7.97. The van der Waals surface area contributed by atoms with Crippen LogP contribution < -0.4 is 15.4 Å². The summed E-state index contributed by atoms with van der Waals surface area (Å²) in [6.45, 7) is 2.59. The van der Waals surface area contributed by atoms with Crippen molar-refractivity contribution < 1.29 is 9.53 Å². The van der Waals surface area contributed by atoms with Gasteiger partial charge < -0.3 is 15.4 Å². The average Bonchev–Trinajstić information content (AvgIpc) is 2.65. The van der Waals surface area contributed by atoms with Crippen molar-refractivity contribution in [1.82, 2.24) is 4.98 Å². The molecule has 0 saturated carbocycles. The first-order valence-electron chi connectivity index (χ1n) is 8.07. The summed E-state index contributed by atoms with van der Waals surface area (Å²) >= 11 is 0. The number of benzene rings is 2. The third kappa shape index (κ3) is 4.57.